The van der Waals surface area contributed by atoms with Crippen LogP contribution in [0.5, 0.6) is 0 Å². The molecule has 1 aliphatic heterocycles. The van der Waals surface area contributed by atoms with E-state index < -0.39 is 0 Å². The van der Waals surface area contributed by atoms with E-state index in [9.17, 15) is 0 Å². The minimum atomic E-state index is 0.382. The molecule has 1 aliphatic carbocycles. The van der Waals surface area contributed by atoms with E-state index in [4.69, 9.17) is 10.5 Å². The molecule has 4 atom stereocenters. The minimum Gasteiger partial charge on any atom is -0.377 e. The summed E-state index contributed by atoms with van der Waals surface area (Å²) in [5.74, 6) is 1.62. The van der Waals surface area contributed by atoms with Crippen LogP contribution >= 0.6 is 0 Å². The normalized spacial score (nSPS) is 39.5. The average Bonchev–Trinajstić information content (AvgIpc) is 2.62. The summed E-state index contributed by atoms with van der Waals surface area (Å²) in [5.41, 5.74) is 6.00. The summed E-state index contributed by atoms with van der Waals surface area (Å²) < 4.78 is 5.77. The third-order valence-corrected chi connectivity index (χ3v) is 4.90. The van der Waals surface area contributed by atoms with Crippen LogP contribution in [-0.2, 0) is 4.74 Å². The molecule has 1 heterocycles. The summed E-state index contributed by atoms with van der Waals surface area (Å²) in [6, 6.07) is 0.706. The lowest BCUT2D eigenvalue weighted by atomic mass is 9.76. The van der Waals surface area contributed by atoms with E-state index in [0.29, 0.717) is 18.1 Å². The summed E-state index contributed by atoms with van der Waals surface area (Å²) in [4.78, 5) is 2.68. The van der Waals surface area contributed by atoms with Crippen molar-refractivity contribution < 1.29 is 4.74 Å². The SMILES string of the molecule is CCC1CCC(CN)C(N2CCCOC(C)C2)C1. The van der Waals surface area contributed by atoms with Crippen molar-refractivity contribution in [3.8, 4) is 0 Å². The molecule has 2 aliphatic rings. The van der Waals surface area contributed by atoms with E-state index in [2.05, 4.69) is 18.7 Å². The Labute approximate surface area is 112 Å². The van der Waals surface area contributed by atoms with E-state index in [-0.39, 0.29) is 0 Å². The molecule has 0 amide bonds. The number of ether oxygens (including phenoxy) is 1. The molecule has 18 heavy (non-hydrogen) atoms. The Kier molecular flexibility index (Phi) is 5.46. The fraction of sp³-hybridized carbons (Fsp3) is 1.00. The molecule has 0 aromatic heterocycles. The van der Waals surface area contributed by atoms with Crippen LogP contribution in [0.2, 0.25) is 0 Å². The topological polar surface area (TPSA) is 38.5 Å². The van der Waals surface area contributed by atoms with Gasteiger partial charge in [-0.1, -0.05) is 19.8 Å². The molecule has 1 saturated carbocycles. The number of rotatable bonds is 3. The Hall–Kier alpha value is -0.120. The number of hydrogen-bond donors (Lipinski definition) is 1. The van der Waals surface area contributed by atoms with Crippen LogP contribution in [0.25, 0.3) is 0 Å². The first kappa shape index (κ1) is 14.3. The maximum Gasteiger partial charge on any atom is 0.0674 e. The van der Waals surface area contributed by atoms with Gasteiger partial charge >= 0.3 is 0 Å². The first-order chi connectivity index (χ1) is 8.74. The Morgan fingerprint density at radius 3 is 2.89 bits per heavy atom. The lowest BCUT2D eigenvalue weighted by Gasteiger charge is -2.42. The molecule has 0 bridgehead atoms. The molecule has 3 heteroatoms. The summed E-state index contributed by atoms with van der Waals surface area (Å²) >= 11 is 0. The summed E-state index contributed by atoms with van der Waals surface area (Å²) in [6.45, 7) is 8.61. The van der Waals surface area contributed by atoms with Gasteiger partial charge in [-0.05, 0) is 44.6 Å². The second-order valence-corrected chi connectivity index (χ2v) is 6.18. The molecular formula is C15H30N2O. The third-order valence-electron chi connectivity index (χ3n) is 4.90. The standard InChI is InChI=1S/C15H30N2O/c1-3-13-5-6-14(10-16)15(9-13)17-7-4-8-18-12(2)11-17/h12-15H,3-11,16H2,1-2H3. The van der Waals surface area contributed by atoms with Crippen molar-refractivity contribution in [3.63, 3.8) is 0 Å². The fourth-order valence-electron chi connectivity index (χ4n) is 3.71. The van der Waals surface area contributed by atoms with Gasteiger partial charge in [0.1, 0.15) is 0 Å². The Morgan fingerprint density at radius 1 is 1.33 bits per heavy atom. The van der Waals surface area contributed by atoms with Crippen LogP contribution in [-0.4, -0.2) is 43.3 Å². The molecule has 0 spiro atoms. The van der Waals surface area contributed by atoms with Crippen molar-refractivity contribution in [3.05, 3.63) is 0 Å². The molecule has 106 valence electrons. The molecule has 1 saturated heterocycles. The first-order valence-electron chi connectivity index (χ1n) is 7.80. The van der Waals surface area contributed by atoms with Gasteiger partial charge < -0.3 is 10.5 Å². The van der Waals surface area contributed by atoms with Gasteiger partial charge in [-0.25, -0.2) is 0 Å². The van der Waals surface area contributed by atoms with Crippen LogP contribution < -0.4 is 5.73 Å². The number of nitrogens with two attached hydrogens (primary N) is 1. The van der Waals surface area contributed by atoms with Crippen LogP contribution in [0.4, 0.5) is 0 Å². The van der Waals surface area contributed by atoms with Crippen LogP contribution in [0.1, 0.15) is 46.0 Å². The lowest BCUT2D eigenvalue weighted by Crippen LogP contribution is -2.48. The Balaban J connectivity index is 2.01. The Morgan fingerprint density at radius 2 is 2.17 bits per heavy atom. The largest absolute Gasteiger partial charge is 0.377 e. The smallest absolute Gasteiger partial charge is 0.0674 e. The van der Waals surface area contributed by atoms with Crippen molar-refractivity contribution in [1.82, 2.24) is 4.90 Å². The molecule has 4 unspecified atom stereocenters. The second kappa shape index (κ2) is 6.88. The van der Waals surface area contributed by atoms with Gasteiger partial charge in [-0.3, -0.25) is 4.90 Å². The van der Waals surface area contributed by atoms with Gasteiger partial charge in [0, 0.05) is 25.7 Å². The third kappa shape index (κ3) is 3.46. The van der Waals surface area contributed by atoms with E-state index in [1.807, 2.05) is 0 Å². The molecular weight excluding hydrogens is 224 g/mol. The highest BCUT2D eigenvalue weighted by molar-refractivity contribution is 4.88. The van der Waals surface area contributed by atoms with E-state index in [1.165, 1.54) is 38.6 Å². The highest BCUT2D eigenvalue weighted by Gasteiger charge is 2.34. The van der Waals surface area contributed by atoms with Crippen molar-refractivity contribution in [2.24, 2.45) is 17.6 Å². The quantitative estimate of drug-likeness (QED) is 0.839. The van der Waals surface area contributed by atoms with Crippen LogP contribution in [0.15, 0.2) is 0 Å². The molecule has 2 rings (SSSR count). The molecule has 0 aromatic rings. The van der Waals surface area contributed by atoms with Crippen LogP contribution in [0.3, 0.4) is 0 Å². The van der Waals surface area contributed by atoms with Gasteiger partial charge in [-0.15, -0.1) is 0 Å². The van der Waals surface area contributed by atoms with Gasteiger partial charge in [0.2, 0.25) is 0 Å². The predicted molar refractivity (Wildman–Crippen MR) is 75.6 cm³/mol. The summed E-state index contributed by atoms with van der Waals surface area (Å²) in [7, 11) is 0. The lowest BCUT2D eigenvalue weighted by molar-refractivity contribution is 0.0376. The molecule has 3 nitrogen and oxygen atoms in total. The van der Waals surface area contributed by atoms with Crippen molar-refractivity contribution in [2.75, 3.05) is 26.2 Å². The zero-order valence-corrected chi connectivity index (χ0v) is 12.1. The van der Waals surface area contributed by atoms with Gasteiger partial charge in [0.25, 0.3) is 0 Å². The second-order valence-electron chi connectivity index (χ2n) is 6.18. The van der Waals surface area contributed by atoms with Crippen molar-refractivity contribution >= 4 is 0 Å². The maximum atomic E-state index is 6.00. The zero-order chi connectivity index (χ0) is 13.0. The highest BCUT2D eigenvalue weighted by atomic mass is 16.5. The Bertz CT molecular complexity index is 247. The predicted octanol–water partition coefficient (Wildman–Crippen LogP) is 2.25. The van der Waals surface area contributed by atoms with E-state index >= 15 is 0 Å². The van der Waals surface area contributed by atoms with Gasteiger partial charge in [0.15, 0.2) is 0 Å². The van der Waals surface area contributed by atoms with Crippen molar-refractivity contribution in [1.29, 1.82) is 0 Å². The summed E-state index contributed by atoms with van der Waals surface area (Å²) in [5, 5.41) is 0. The van der Waals surface area contributed by atoms with Crippen molar-refractivity contribution in [2.45, 2.75) is 58.1 Å². The monoisotopic (exact) mass is 254 g/mol. The molecule has 2 N–H and O–H groups in total. The average molecular weight is 254 g/mol. The summed E-state index contributed by atoms with van der Waals surface area (Å²) in [6.07, 6.45) is 6.95. The molecule has 0 radical (unpaired) electrons. The fourth-order valence-corrected chi connectivity index (χ4v) is 3.71. The van der Waals surface area contributed by atoms with Gasteiger partial charge in [0.05, 0.1) is 6.10 Å². The minimum absolute atomic E-state index is 0.382. The van der Waals surface area contributed by atoms with E-state index in [1.54, 1.807) is 0 Å². The molecule has 0 aromatic carbocycles. The first-order valence-corrected chi connectivity index (χ1v) is 7.80. The van der Waals surface area contributed by atoms with E-state index in [0.717, 1.165) is 25.6 Å². The maximum absolute atomic E-state index is 6.00. The molecule has 2 fully saturated rings. The van der Waals surface area contributed by atoms with Crippen LogP contribution in [0, 0.1) is 11.8 Å². The number of nitrogens with zero attached hydrogens (tertiary/aromatic N) is 1. The zero-order valence-electron chi connectivity index (χ0n) is 12.1. The number of hydrogen-bond acceptors (Lipinski definition) is 3. The van der Waals surface area contributed by atoms with Gasteiger partial charge in [-0.2, -0.15) is 0 Å². The highest BCUT2D eigenvalue weighted by Crippen LogP contribution is 2.34.